The van der Waals surface area contributed by atoms with Gasteiger partial charge in [0.05, 0.1) is 23.3 Å². The number of hydrogen-bond donors (Lipinski definition) is 2. The van der Waals surface area contributed by atoms with Crippen LogP contribution in [0.4, 0.5) is 0 Å². The van der Waals surface area contributed by atoms with Crippen molar-refractivity contribution in [2.24, 2.45) is 11.8 Å². The molecule has 0 aromatic rings. The Balaban J connectivity index is 1.61. The molecule has 1 saturated heterocycles. The third-order valence-corrected chi connectivity index (χ3v) is 3.99. The third-order valence-electron chi connectivity index (χ3n) is 3.07. The maximum atomic E-state index is 11.6. The van der Waals surface area contributed by atoms with E-state index in [1.54, 1.807) is 0 Å². The maximum absolute atomic E-state index is 11.6. The lowest BCUT2D eigenvalue weighted by molar-refractivity contribution is -0.141. The third kappa shape index (κ3) is 3.25. The highest BCUT2D eigenvalue weighted by Crippen LogP contribution is 2.46. The first kappa shape index (κ1) is 13.9. The summed E-state index contributed by atoms with van der Waals surface area (Å²) in [4.78, 5) is 46.0. The molecule has 0 aromatic carbocycles. The van der Waals surface area contributed by atoms with E-state index in [0.29, 0.717) is 6.42 Å². The van der Waals surface area contributed by atoms with Gasteiger partial charge in [-0.05, 0) is 6.42 Å². The summed E-state index contributed by atoms with van der Waals surface area (Å²) in [7, 11) is 0. The lowest BCUT2D eigenvalue weighted by Gasteiger charge is -2.16. The standard InChI is InChI=1S/C11H14N2O5S/c14-8(4-19-5-9(15)16)12-1-2-13-10(17)6-3-7(6)11(13)18/h6-7H,1-5H2,(H,12,14)(H,15,16)/t6-,7+. The van der Waals surface area contributed by atoms with Gasteiger partial charge in [-0.1, -0.05) is 0 Å². The highest BCUT2D eigenvalue weighted by molar-refractivity contribution is 8.00. The first-order chi connectivity index (χ1) is 9.00. The van der Waals surface area contributed by atoms with Crippen molar-refractivity contribution in [1.29, 1.82) is 0 Å². The van der Waals surface area contributed by atoms with Gasteiger partial charge < -0.3 is 10.4 Å². The Morgan fingerprint density at radius 2 is 1.89 bits per heavy atom. The summed E-state index contributed by atoms with van der Waals surface area (Å²) >= 11 is 1.00. The summed E-state index contributed by atoms with van der Waals surface area (Å²) in [6, 6.07) is 0. The highest BCUT2D eigenvalue weighted by atomic mass is 32.2. The molecule has 2 atom stereocenters. The fourth-order valence-electron chi connectivity index (χ4n) is 2.06. The van der Waals surface area contributed by atoms with Crippen molar-refractivity contribution in [1.82, 2.24) is 10.2 Å². The molecule has 2 aliphatic rings. The molecule has 1 aliphatic carbocycles. The Morgan fingerprint density at radius 3 is 2.47 bits per heavy atom. The number of carbonyl (C=O) groups excluding carboxylic acids is 3. The number of carboxylic acid groups (broad SMARTS) is 1. The SMILES string of the molecule is O=C(O)CSCC(=O)NCCN1C(=O)[C@H]2C[C@H]2C1=O. The molecule has 0 radical (unpaired) electrons. The highest BCUT2D eigenvalue weighted by Gasteiger charge is 2.58. The zero-order valence-corrected chi connectivity index (χ0v) is 10.9. The van der Waals surface area contributed by atoms with Gasteiger partial charge in [0, 0.05) is 13.1 Å². The van der Waals surface area contributed by atoms with Gasteiger partial charge in [-0.25, -0.2) is 0 Å². The van der Waals surface area contributed by atoms with Crippen molar-refractivity contribution in [3.8, 4) is 0 Å². The van der Waals surface area contributed by atoms with E-state index < -0.39 is 5.97 Å². The van der Waals surface area contributed by atoms with E-state index in [1.165, 1.54) is 4.90 Å². The number of amides is 3. The Kier molecular flexibility index (Phi) is 4.08. The van der Waals surface area contributed by atoms with Crippen LogP contribution in [0.5, 0.6) is 0 Å². The number of imide groups is 1. The topological polar surface area (TPSA) is 104 Å². The minimum atomic E-state index is -0.967. The summed E-state index contributed by atoms with van der Waals surface area (Å²) in [5, 5.41) is 11.0. The van der Waals surface area contributed by atoms with E-state index in [-0.39, 0.29) is 54.2 Å². The van der Waals surface area contributed by atoms with Crippen LogP contribution in [-0.4, -0.2) is 58.3 Å². The lowest BCUT2D eigenvalue weighted by Crippen LogP contribution is -2.40. The van der Waals surface area contributed by atoms with Crippen LogP contribution < -0.4 is 5.32 Å². The van der Waals surface area contributed by atoms with E-state index in [9.17, 15) is 19.2 Å². The molecule has 0 spiro atoms. The number of thioether (sulfide) groups is 1. The van der Waals surface area contributed by atoms with Crippen molar-refractivity contribution >= 4 is 35.5 Å². The second kappa shape index (κ2) is 5.60. The van der Waals surface area contributed by atoms with Gasteiger partial charge in [0.2, 0.25) is 17.7 Å². The number of carbonyl (C=O) groups is 4. The summed E-state index contributed by atoms with van der Waals surface area (Å²) in [5.41, 5.74) is 0. The first-order valence-corrected chi connectivity index (χ1v) is 7.07. The summed E-state index contributed by atoms with van der Waals surface area (Å²) in [5.74, 6) is -1.84. The van der Waals surface area contributed by atoms with Gasteiger partial charge in [-0.2, -0.15) is 0 Å². The smallest absolute Gasteiger partial charge is 0.313 e. The number of hydrogen-bond acceptors (Lipinski definition) is 5. The Morgan fingerprint density at radius 1 is 1.26 bits per heavy atom. The maximum Gasteiger partial charge on any atom is 0.313 e. The molecule has 2 fully saturated rings. The summed E-state index contributed by atoms with van der Waals surface area (Å²) in [6.45, 7) is 0.406. The second-order valence-electron chi connectivity index (χ2n) is 4.51. The lowest BCUT2D eigenvalue weighted by atomic mass is 10.4. The molecule has 1 heterocycles. The number of aliphatic carboxylic acids is 1. The molecule has 0 aromatic heterocycles. The Labute approximate surface area is 113 Å². The van der Waals surface area contributed by atoms with Crippen LogP contribution in [-0.2, 0) is 19.2 Å². The predicted octanol–water partition coefficient (Wildman–Crippen LogP) is -1.07. The van der Waals surface area contributed by atoms with E-state index in [0.717, 1.165) is 11.8 Å². The van der Waals surface area contributed by atoms with E-state index in [1.807, 2.05) is 0 Å². The van der Waals surface area contributed by atoms with Gasteiger partial charge in [0.1, 0.15) is 0 Å². The van der Waals surface area contributed by atoms with Crippen LogP contribution >= 0.6 is 11.8 Å². The van der Waals surface area contributed by atoms with Gasteiger partial charge in [-0.3, -0.25) is 24.1 Å². The van der Waals surface area contributed by atoms with Gasteiger partial charge >= 0.3 is 5.97 Å². The molecular weight excluding hydrogens is 272 g/mol. The first-order valence-electron chi connectivity index (χ1n) is 5.92. The molecule has 1 saturated carbocycles. The molecule has 0 unspecified atom stereocenters. The van der Waals surface area contributed by atoms with Crippen molar-refractivity contribution in [3.05, 3.63) is 0 Å². The van der Waals surface area contributed by atoms with Crippen molar-refractivity contribution in [3.63, 3.8) is 0 Å². The molecule has 7 nitrogen and oxygen atoms in total. The van der Waals surface area contributed by atoms with Crippen LogP contribution in [0.25, 0.3) is 0 Å². The molecule has 2 N–H and O–H groups in total. The molecule has 8 heteroatoms. The zero-order chi connectivity index (χ0) is 14.0. The summed E-state index contributed by atoms with van der Waals surface area (Å²) in [6.07, 6.45) is 0.673. The fraction of sp³-hybridized carbons (Fsp3) is 0.636. The molecule has 3 amide bonds. The molecule has 2 rings (SSSR count). The van der Waals surface area contributed by atoms with E-state index in [2.05, 4.69) is 5.32 Å². The molecular formula is C11H14N2O5S. The van der Waals surface area contributed by atoms with Crippen LogP contribution in [0.1, 0.15) is 6.42 Å². The van der Waals surface area contributed by atoms with Crippen LogP contribution in [0.15, 0.2) is 0 Å². The number of piperidine rings is 1. The van der Waals surface area contributed by atoms with Crippen LogP contribution in [0.2, 0.25) is 0 Å². The Hall–Kier alpha value is -1.57. The largest absolute Gasteiger partial charge is 0.481 e. The van der Waals surface area contributed by atoms with Crippen molar-refractivity contribution in [2.75, 3.05) is 24.6 Å². The normalized spacial score (nSPS) is 24.3. The minimum Gasteiger partial charge on any atom is -0.481 e. The van der Waals surface area contributed by atoms with Gasteiger partial charge in [0.25, 0.3) is 0 Å². The number of rotatable bonds is 7. The van der Waals surface area contributed by atoms with Gasteiger partial charge in [0.15, 0.2) is 0 Å². The minimum absolute atomic E-state index is 0.0550. The zero-order valence-electron chi connectivity index (χ0n) is 10.1. The average Bonchev–Trinajstić information content (AvgIpc) is 3.08. The molecule has 19 heavy (non-hydrogen) atoms. The Bertz CT molecular complexity index is 419. The number of likely N-dealkylation sites (tertiary alicyclic amines) is 1. The number of nitrogens with one attached hydrogen (secondary N) is 1. The average molecular weight is 286 g/mol. The number of carboxylic acids is 1. The van der Waals surface area contributed by atoms with E-state index in [4.69, 9.17) is 5.11 Å². The fourth-order valence-corrected chi connectivity index (χ4v) is 2.62. The van der Waals surface area contributed by atoms with Crippen molar-refractivity contribution in [2.45, 2.75) is 6.42 Å². The van der Waals surface area contributed by atoms with E-state index >= 15 is 0 Å². The number of fused-ring (bicyclic) bond motifs is 1. The van der Waals surface area contributed by atoms with Crippen molar-refractivity contribution < 1.29 is 24.3 Å². The predicted molar refractivity (Wildman–Crippen MR) is 66.3 cm³/mol. The summed E-state index contributed by atoms with van der Waals surface area (Å²) < 4.78 is 0. The molecule has 104 valence electrons. The molecule has 1 aliphatic heterocycles. The monoisotopic (exact) mass is 286 g/mol. The molecule has 0 bridgehead atoms. The quantitative estimate of drug-likeness (QED) is 0.577. The van der Waals surface area contributed by atoms with Crippen LogP contribution in [0.3, 0.4) is 0 Å². The van der Waals surface area contributed by atoms with Crippen LogP contribution in [0, 0.1) is 11.8 Å². The van der Waals surface area contributed by atoms with Gasteiger partial charge in [-0.15, -0.1) is 11.8 Å². The number of nitrogens with zero attached hydrogens (tertiary/aromatic N) is 1. The second-order valence-corrected chi connectivity index (χ2v) is 5.50.